The monoisotopic (exact) mass is 347 g/mol. The summed E-state index contributed by atoms with van der Waals surface area (Å²) in [4.78, 5) is 12.0. The van der Waals surface area contributed by atoms with Gasteiger partial charge in [0.1, 0.15) is 17.9 Å². The molecule has 1 amide bonds. The maximum atomic E-state index is 12.0. The molecule has 1 atom stereocenters. The Morgan fingerprint density at radius 3 is 2.95 bits per heavy atom. The number of hydrogen-bond donors (Lipinski definition) is 2. The lowest BCUT2D eigenvalue weighted by atomic mass is 10.1. The first kappa shape index (κ1) is 15.1. The zero-order chi connectivity index (χ0) is 15.2. The summed E-state index contributed by atoms with van der Waals surface area (Å²) in [5.41, 5.74) is 1.11. The second-order valence-corrected chi connectivity index (χ2v) is 5.38. The zero-order valence-electron chi connectivity index (χ0n) is 11.4. The van der Waals surface area contributed by atoms with Gasteiger partial charge in [-0.05, 0) is 37.3 Å². The van der Waals surface area contributed by atoms with Gasteiger partial charge < -0.3 is 15.1 Å². The van der Waals surface area contributed by atoms with Crippen LogP contribution in [0.2, 0.25) is 0 Å². The molecule has 0 saturated heterocycles. The molecule has 108 valence electrons. The SMILES string of the molecule is CC(Nc1ccc(Br)cc1C#N)C(=O)NCc1ccco1. The molecule has 6 heteroatoms. The molecule has 5 nitrogen and oxygen atoms in total. The van der Waals surface area contributed by atoms with E-state index in [1.54, 1.807) is 37.5 Å². The minimum absolute atomic E-state index is 0.168. The third-order valence-electron chi connectivity index (χ3n) is 2.88. The first-order valence-electron chi connectivity index (χ1n) is 6.36. The Morgan fingerprint density at radius 1 is 1.48 bits per heavy atom. The summed E-state index contributed by atoms with van der Waals surface area (Å²) in [6.07, 6.45) is 1.56. The molecule has 2 N–H and O–H groups in total. The smallest absolute Gasteiger partial charge is 0.242 e. The molecular formula is C15H14BrN3O2. The molecular weight excluding hydrogens is 334 g/mol. The largest absolute Gasteiger partial charge is 0.467 e. The second kappa shape index (κ2) is 6.95. The molecule has 1 aromatic heterocycles. The molecule has 21 heavy (non-hydrogen) atoms. The van der Waals surface area contributed by atoms with Crippen LogP contribution in [0.25, 0.3) is 0 Å². The molecule has 0 aliphatic carbocycles. The summed E-state index contributed by atoms with van der Waals surface area (Å²) in [6, 6.07) is 10.5. The van der Waals surface area contributed by atoms with E-state index in [9.17, 15) is 4.79 Å². The molecule has 0 radical (unpaired) electrons. The number of furan rings is 1. The van der Waals surface area contributed by atoms with Gasteiger partial charge in [-0.1, -0.05) is 15.9 Å². The first-order chi connectivity index (χ1) is 10.1. The van der Waals surface area contributed by atoms with Gasteiger partial charge in [0.25, 0.3) is 0 Å². The Kier molecular flexibility index (Phi) is 5.01. The number of anilines is 1. The van der Waals surface area contributed by atoms with Crippen LogP contribution in [0, 0.1) is 11.3 Å². The Hall–Kier alpha value is -2.26. The van der Waals surface area contributed by atoms with Crippen molar-refractivity contribution in [1.82, 2.24) is 5.32 Å². The Labute approximate surface area is 131 Å². The van der Waals surface area contributed by atoms with Crippen LogP contribution in [0.15, 0.2) is 45.5 Å². The Balaban J connectivity index is 1.96. The van der Waals surface area contributed by atoms with E-state index in [1.165, 1.54) is 0 Å². The van der Waals surface area contributed by atoms with Gasteiger partial charge in [0.05, 0.1) is 24.1 Å². The zero-order valence-corrected chi connectivity index (χ0v) is 13.0. The number of benzene rings is 1. The lowest BCUT2D eigenvalue weighted by molar-refractivity contribution is -0.121. The summed E-state index contributed by atoms with van der Waals surface area (Å²) in [6.45, 7) is 2.07. The highest BCUT2D eigenvalue weighted by Gasteiger charge is 2.14. The minimum atomic E-state index is -0.465. The van der Waals surface area contributed by atoms with Gasteiger partial charge in [-0.15, -0.1) is 0 Å². The number of carbonyl (C=O) groups is 1. The fourth-order valence-electron chi connectivity index (χ4n) is 1.77. The van der Waals surface area contributed by atoms with Crippen molar-refractivity contribution < 1.29 is 9.21 Å². The van der Waals surface area contributed by atoms with Crippen molar-refractivity contribution in [2.75, 3.05) is 5.32 Å². The minimum Gasteiger partial charge on any atom is -0.467 e. The highest BCUT2D eigenvalue weighted by atomic mass is 79.9. The van der Waals surface area contributed by atoms with Gasteiger partial charge >= 0.3 is 0 Å². The van der Waals surface area contributed by atoms with Crippen LogP contribution in [0.1, 0.15) is 18.2 Å². The van der Waals surface area contributed by atoms with Crippen LogP contribution in [0.4, 0.5) is 5.69 Å². The van der Waals surface area contributed by atoms with E-state index < -0.39 is 6.04 Å². The van der Waals surface area contributed by atoms with E-state index in [-0.39, 0.29) is 5.91 Å². The number of carbonyl (C=O) groups excluding carboxylic acids is 1. The molecule has 1 aromatic carbocycles. The van der Waals surface area contributed by atoms with Gasteiger partial charge in [0.2, 0.25) is 5.91 Å². The third-order valence-corrected chi connectivity index (χ3v) is 3.38. The van der Waals surface area contributed by atoms with E-state index in [1.807, 2.05) is 6.07 Å². The molecule has 0 aliphatic heterocycles. The molecule has 0 aliphatic rings. The van der Waals surface area contributed by atoms with E-state index in [4.69, 9.17) is 9.68 Å². The average molecular weight is 348 g/mol. The molecule has 1 heterocycles. The molecule has 2 rings (SSSR count). The third kappa shape index (κ3) is 4.10. The van der Waals surface area contributed by atoms with Gasteiger partial charge in [-0.2, -0.15) is 5.26 Å². The number of amides is 1. The number of nitriles is 1. The first-order valence-corrected chi connectivity index (χ1v) is 7.15. The maximum Gasteiger partial charge on any atom is 0.242 e. The van der Waals surface area contributed by atoms with Gasteiger partial charge in [-0.3, -0.25) is 4.79 Å². The molecule has 2 aromatic rings. The summed E-state index contributed by atoms with van der Waals surface area (Å²) in [5.74, 6) is 0.523. The predicted octanol–water partition coefficient (Wildman–Crippen LogP) is 3.03. The van der Waals surface area contributed by atoms with E-state index >= 15 is 0 Å². The molecule has 0 bridgehead atoms. The quantitative estimate of drug-likeness (QED) is 0.871. The Morgan fingerprint density at radius 2 is 2.29 bits per heavy atom. The lowest BCUT2D eigenvalue weighted by Gasteiger charge is -2.16. The van der Waals surface area contributed by atoms with Crippen LogP contribution in [0.5, 0.6) is 0 Å². The normalized spacial score (nSPS) is 11.5. The number of hydrogen-bond acceptors (Lipinski definition) is 4. The average Bonchev–Trinajstić information content (AvgIpc) is 2.99. The standard InChI is InChI=1S/C15H14BrN3O2/c1-10(15(20)18-9-13-3-2-6-21-13)19-14-5-4-12(16)7-11(14)8-17/h2-7,10,19H,9H2,1H3,(H,18,20). The Bertz CT molecular complexity index is 662. The molecule has 0 saturated carbocycles. The summed E-state index contributed by atoms with van der Waals surface area (Å²) < 4.78 is 5.97. The number of nitrogens with zero attached hydrogens (tertiary/aromatic N) is 1. The lowest BCUT2D eigenvalue weighted by Crippen LogP contribution is -2.37. The van der Waals surface area contributed by atoms with Crippen LogP contribution < -0.4 is 10.6 Å². The molecule has 0 spiro atoms. The summed E-state index contributed by atoms with van der Waals surface area (Å²) in [7, 11) is 0. The topological polar surface area (TPSA) is 78.1 Å². The van der Waals surface area contributed by atoms with Gasteiger partial charge in [0.15, 0.2) is 0 Å². The predicted molar refractivity (Wildman–Crippen MR) is 82.5 cm³/mol. The highest BCUT2D eigenvalue weighted by Crippen LogP contribution is 2.20. The van der Waals surface area contributed by atoms with Crippen molar-refractivity contribution in [2.45, 2.75) is 19.5 Å². The number of halogens is 1. The van der Waals surface area contributed by atoms with Gasteiger partial charge in [0, 0.05) is 4.47 Å². The van der Waals surface area contributed by atoms with E-state index in [0.29, 0.717) is 23.6 Å². The van der Waals surface area contributed by atoms with Crippen molar-refractivity contribution >= 4 is 27.5 Å². The van der Waals surface area contributed by atoms with Crippen molar-refractivity contribution in [3.8, 4) is 6.07 Å². The van der Waals surface area contributed by atoms with Crippen LogP contribution in [-0.4, -0.2) is 11.9 Å². The molecule has 1 unspecified atom stereocenters. The van der Waals surface area contributed by atoms with Crippen LogP contribution in [0.3, 0.4) is 0 Å². The fraction of sp³-hybridized carbons (Fsp3) is 0.200. The van der Waals surface area contributed by atoms with Gasteiger partial charge in [-0.25, -0.2) is 0 Å². The van der Waals surface area contributed by atoms with Crippen molar-refractivity contribution in [3.05, 3.63) is 52.4 Å². The second-order valence-electron chi connectivity index (χ2n) is 4.46. The number of nitrogens with one attached hydrogen (secondary N) is 2. The fourth-order valence-corrected chi connectivity index (χ4v) is 2.14. The molecule has 0 fully saturated rings. The van der Waals surface area contributed by atoms with E-state index in [2.05, 4.69) is 32.6 Å². The van der Waals surface area contributed by atoms with Crippen molar-refractivity contribution in [2.24, 2.45) is 0 Å². The summed E-state index contributed by atoms with van der Waals surface area (Å²) in [5, 5.41) is 14.9. The van der Waals surface area contributed by atoms with Crippen molar-refractivity contribution in [3.63, 3.8) is 0 Å². The number of rotatable bonds is 5. The summed E-state index contributed by atoms with van der Waals surface area (Å²) >= 11 is 3.31. The van der Waals surface area contributed by atoms with Crippen LogP contribution >= 0.6 is 15.9 Å². The highest BCUT2D eigenvalue weighted by molar-refractivity contribution is 9.10. The van der Waals surface area contributed by atoms with Crippen LogP contribution in [-0.2, 0) is 11.3 Å². The van der Waals surface area contributed by atoms with E-state index in [0.717, 1.165) is 4.47 Å². The van der Waals surface area contributed by atoms with Crippen molar-refractivity contribution in [1.29, 1.82) is 5.26 Å². The maximum absolute atomic E-state index is 12.0.